The van der Waals surface area contributed by atoms with Gasteiger partial charge in [0.1, 0.15) is 0 Å². The molecular weight excluding hydrogens is 372 g/mol. The minimum atomic E-state index is -2.40. The third-order valence-corrected chi connectivity index (χ3v) is 9.61. The Labute approximate surface area is 162 Å². The number of hydrogen-bond donors (Lipinski definition) is 2. The first-order valence-corrected chi connectivity index (χ1v) is 13.3. The Morgan fingerprint density at radius 1 is 0.731 bits per heavy atom. The van der Waals surface area contributed by atoms with Crippen LogP contribution in [0.25, 0.3) is 0 Å². The van der Waals surface area contributed by atoms with E-state index >= 15 is 0 Å². The summed E-state index contributed by atoms with van der Waals surface area (Å²) in [7, 11) is 2.15. The van der Waals surface area contributed by atoms with Crippen LogP contribution >= 0.6 is 0 Å². The summed E-state index contributed by atoms with van der Waals surface area (Å²) in [6.07, 6.45) is 1.91. The van der Waals surface area contributed by atoms with Crippen molar-refractivity contribution in [3.05, 3.63) is 0 Å². The first-order chi connectivity index (χ1) is 12.5. The maximum atomic E-state index is 5.65. The number of hydrogen-bond acceptors (Lipinski definition) is 8. The summed E-state index contributed by atoms with van der Waals surface area (Å²) in [6.45, 7) is 9.41. The molecule has 0 heterocycles. The smallest absolute Gasteiger partial charge is 0.377 e. The van der Waals surface area contributed by atoms with Gasteiger partial charge < -0.3 is 37.6 Å². The Balaban J connectivity index is 0. The lowest BCUT2D eigenvalue weighted by Crippen LogP contribution is -2.46. The molecule has 0 aromatic heterocycles. The molecule has 0 aliphatic heterocycles. The fourth-order valence-corrected chi connectivity index (χ4v) is 6.72. The summed E-state index contributed by atoms with van der Waals surface area (Å²) >= 11 is 0. The van der Waals surface area contributed by atoms with E-state index in [1.54, 1.807) is 21.3 Å². The molecule has 0 saturated heterocycles. The van der Waals surface area contributed by atoms with E-state index in [0.717, 1.165) is 31.5 Å². The predicted octanol–water partition coefficient (Wildman–Crippen LogP) is 1.86. The monoisotopic (exact) mass is 414 g/mol. The molecule has 3 N–H and O–H groups in total. The van der Waals surface area contributed by atoms with Gasteiger partial charge >= 0.3 is 17.6 Å². The van der Waals surface area contributed by atoms with Gasteiger partial charge in [-0.05, 0) is 53.8 Å². The highest BCUT2D eigenvalue weighted by Gasteiger charge is 2.39. The summed E-state index contributed by atoms with van der Waals surface area (Å²) in [5.74, 6) is 0. The van der Waals surface area contributed by atoms with Crippen LogP contribution in [0.2, 0.25) is 12.1 Å². The van der Waals surface area contributed by atoms with Crippen molar-refractivity contribution in [1.29, 1.82) is 0 Å². The standard InChI is InChI=1S/C9H23NO3Si.C7H19NO3Si/c1-4-11-14(12-5-2,13-6-3)9-7-8-10;1-8-6-5-7-12(9-2,10-3)11-4/h4-10H2,1-3H3;8H,5-7H2,1-4H3. The van der Waals surface area contributed by atoms with Crippen molar-refractivity contribution in [2.75, 3.05) is 61.3 Å². The molecule has 0 aliphatic carbocycles. The topological polar surface area (TPSA) is 93.4 Å². The van der Waals surface area contributed by atoms with Gasteiger partial charge in [-0.1, -0.05) is 0 Å². The minimum absolute atomic E-state index is 0.636. The Kier molecular flexibility index (Phi) is 20.1. The molecule has 26 heavy (non-hydrogen) atoms. The fraction of sp³-hybridized carbons (Fsp3) is 1.00. The van der Waals surface area contributed by atoms with Crippen molar-refractivity contribution in [3.63, 3.8) is 0 Å². The van der Waals surface area contributed by atoms with Crippen LogP contribution in [0, 0.1) is 0 Å². The Bertz CT molecular complexity index is 275. The van der Waals surface area contributed by atoms with Gasteiger partial charge in [0.2, 0.25) is 0 Å². The highest BCUT2D eigenvalue weighted by Crippen LogP contribution is 2.17. The lowest BCUT2D eigenvalue weighted by molar-refractivity contribution is 0.0710. The average Bonchev–Trinajstić information content (AvgIpc) is 2.65. The van der Waals surface area contributed by atoms with Crippen LogP contribution in [0.3, 0.4) is 0 Å². The Morgan fingerprint density at radius 3 is 1.46 bits per heavy atom. The largest absolute Gasteiger partial charge is 0.500 e. The number of nitrogens with two attached hydrogens (primary N) is 1. The Morgan fingerprint density at radius 2 is 1.15 bits per heavy atom. The van der Waals surface area contributed by atoms with Crippen molar-refractivity contribution in [3.8, 4) is 0 Å². The summed E-state index contributed by atoms with van der Waals surface area (Å²) in [5.41, 5.74) is 5.48. The molecule has 0 aromatic rings. The third kappa shape index (κ3) is 12.5. The molecule has 0 bridgehead atoms. The SMILES string of the molecule is CCO[Si](CCCN)(OCC)OCC.CNCCC[Si](OC)(OC)OC. The van der Waals surface area contributed by atoms with Crippen molar-refractivity contribution in [2.45, 2.75) is 45.7 Å². The predicted molar refractivity (Wildman–Crippen MR) is 109 cm³/mol. The summed E-state index contributed by atoms with van der Waals surface area (Å²) in [4.78, 5) is 0. The van der Waals surface area contributed by atoms with Crippen LogP contribution in [0.1, 0.15) is 33.6 Å². The zero-order valence-electron chi connectivity index (χ0n) is 17.9. The minimum Gasteiger partial charge on any atom is -0.377 e. The maximum Gasteiger partial charge on any atom is 0.500 e. The van der Waals surface area contributed by atoms with Gasteiger partial charge in [-0.25, -0.2) is 0 Å². The van der Waals surface area contributed by atoms with Gasteiger partial charge in [0.25, 0.3) is 0 Å². The number of nitrogens with one attached hydrogen (secondary N) is 1. The van der Waals surface area contributed by atoms with Crippen molar-refractivity contribution >= 4 is 17.6 Å². The van der Waals surface area contributed by atoms with Crippen LogP contribution in [0.5, 0.6) is 0 Å². The summed E-state index contributed by atoms with van der Waals surface area (Å²) < 4.78 is 32.7. The van der Waals surface area contributed by atoms with Gasteiger partial charge in [0, 0.05) is 53.2 Å². The molecule has 0 aliphatic rings. The quantitative estimate of drug-likeness (QED) is 0.292. The lowest BCUT2D eigenvalue weighted by atomic mass is 10.5. The summed E-state index contributed by atoms with van der Waals surface area (Å²) in [6, 6.07) is 1.68. The molecule has 0 atom stereocenters. The van der Waals surface area contributed by atoms with E-state index in [2.05, 4.69) is 5.32 Å². The van der Waals surface area contributed by atoms with Gasteiger partial charge in [-0.15, -0.1) is 0 Å². The molecule has 0 aromatic carbocycles. The molecule has 0 spiro atoms. The normalized spacial score (nSPS) is 12.0. The molecule has 0 amide bonds. The van der Waals surface area contributed by atoms with Gasteiger partial charge in [0.15, 0.2) is 0 Å². The molecule has 0 saturated carbocycles. The van der Waals surface area contributed by atoms with E-state index in [-0.39, 0.29) is 0 Å². The molecular formula is C16H42N2O6Si2. The van der Waals surface area contributed by atoms with Crippen LogP contribution in [-0.2, 0) is 26.6 Å². The first-order valence-electron chi connectivity index (χ1n) is 9.41. The van der Waals surface area contributed by atoms with Gasteiger partial charge in [-0.3, -0.25) is 0 Å². The second-order valence-electron chi connectivity index (χ2n) is 5.38. The highest BCUT2D eigenvalue weighted by molar-refractivity contribution is 6.61. The van der Waals surface area contributed by atoms with Gasteiger partial charge in [-0.2, -0.15) is 0 Å². The first kappa shape index (κ1) is 28.3. The molecule has 10 heteroatoms. The second kappa shape index (κ2) is 18.5. The zero-order valence-corrected chi connectivity index (χ0v) is 19.9. The van der Waals surface area contributed by atoms with Crippen LogP contribution < -0.4 is 11.1 Å². The lowest BCUT2D eigenvalue weighted by Gasteiger charge is -2.28. The van der Waals surface area contributed by atoms with E-state index in [0.29, 0.717) is 26.4 Å². The van der Waals surface area contributed by atoms with Crippen molar-refractivity contribution in [1.82, 2.24) is 5.32 Å². The van der Waals surface area contributed by atoms with E-state index in [4.69, 9.17) is 32.3 Å². The zero-order chi connectivity index (χ0) is 20.3. The van der Waals surface area contributed by atoms with E-state index < -0.39 is 17.6 Å². The van der Waals surface area contributed by atoms with Crippen LogP contribution in [-0.4, -0.2) is 78.9 Å². The Hall–Kier alpha value is 0.114. The van der Waals surface area contributed by atoms with E-state index in [1.807, 2.05) is 27.8 Å². The van der Waals surface area contributed by atoms with E-state index in [9.17, 15) is 0 Å². The molecule has 0 radical (unpaired) electrons. The molecule has 8 nitrogen and oxygen atoms in total. The van der Waals surface area contributed by atoms with Crippen molar-refractivity contribution < 1.29 is 26.6 Å². The number of rotatable bonds is 16. The van der Waals surface area contributed by atoms with Crippen molar-refractivity contribution in [2.24, 2.45) is 5.73 Å². The molecule has 0 rings (SSSR count). The molecule has 0 unspecified atom stereocenters. The second-order valence-corrected chi connectivity index (χ2v) is 11.2. The highest BCUT2D eigenvalue weighted by atomic mass is 28.4. The van der Waals surface area contributed by atoms with E-state index in [1.165, 1.54) is 0 Å². The third-order valence-electron chi connectivity index (χ3n) is 3.62. The summed E-state index contributed by atoms with van der Waals surface area (Å²) in [5, 5.41) is 3.07. The fourth-order valence-electron chi connectivity index (χ4n) is 2.36. The molecule has 160 valence electrons. The van der Waals surface area contributed by atoms with Gasteiger partial charge in [0.05, 0.1) is 0 Å². The van der Waals surface area contributed by atoms with Crippen LogP contribution in [0.15, 0.2) is 0 Å². The van der Waals surface area contributed by atoms with Crippen LogP contribution in [0.4, 0.5) is 0 Å². The maximum absolute atomic E-state index is 5.65. The average molecular weight is 415 g/mol. The molecule has 0 fully saturated rings.